The molecule has 124 valence electrons. The van der Waals surface area contributed by atoms with Gasteiger partial charge in [0.1, 0.15) is 12.4 Å². The van der Waals surface area contributed by atoms with Gasteiger partial charge in [-0.2, -0.15) is 0 Å². The number of amides is 3. The standard InChI is InChI=1S/C15H17BrN2O5/c1-22-12-5-4-10(7-11(12)16)9-23-14(20)3-2-6-18-13(19)8-17-15(18)21/h4-5,7H,2-3,6,8-9H2,1H3,(H,17,21). The van der Waals surface area contributed by atoms with Crippen molar-refractivity contribution in [2.45, 2.75) is 19.4 Å². The molecule has 0 spiro atoms. The van der Waals surface area contributed by atoms with E-state index in [2.05, 4.69) is 21.2 Å². The van der Waals surface area contributed by atoms with E-state index in [1.165, 1.54) is 0 Å². The van der Waals surface area contributed by atoms with Crippen LogP contribution in [-0.2, 0) is 20.9 Å². The summed E-state index contributed by atoms with van der Waals surface area (Å²) in [5, 5.41) is 2.43. The van der Waals surface area contributed by atoms with Crippen LogP contribution in [0.25, 0.3) is 0 Å². The number of esters is 1. The van der Waals surface area contributed by atoms with Gasteiger partial charge in [-0.05, 0) is 40.0 Å². The van der Waals surface area contributed by atoms with Gasteiger partial charge >= 0.3 is 12.0 Å². The zero-order chi connectivity index (χ0) is 16.8. The number of urea groups is 1. The molecule has 0 atom stereocenters. The lowest BCUT2D eigenvalue weighted by Gasteiger charge is -2.11. The summed E-state index contributed by atoms with van der Waals surface area (Å²) in [6, 6.07) is 5.00. The maximum Gasteiger partial charge on any atom is 0.324 e. The molecule has 1 aliphatic heterocycles. The van der Waals surface area contributed by atoms with E-state index in [1.807, 2.05) is 12.1 Å². The highest BCUT2D eigenvalue weighted by Crippen LogP contribution is 2.25. The molecule has 8 heteroatoms. The van der Waals surface area contributed by atoms with Gasteiger partial charge in [-0.3, -0.25) is 14.5 Å². The fourth-order valence-corrected chi connectivity index (χ4v) is 2.69. The van der Waals surface area contributed by atoms with Crippen molar-refractivity contribution >= 4 is 33.8 Å². The first kappa shape index (κ1) is 17.3. The van der Waals surface area contributed by atoms with Crippen LogP contribution in [0.15, 0.2) is 22.7 Å². The highest BCUT2D eigenvalue weighted by atomic mass is 79.9. The fraction of sp³-hybridized carbons (Fsp3) is 0.400. The first-order chi connectivity index (χ1) is 11.0. The Kier molecular flexibility index (Phi) is 5.97. The van der Waals surface area contributed by atoms with E-state index in [0.717, 1.165) is 14.9 Å². The second-order valence-electron chi connectivity index (χ2n) is 4.94. The molecule has 0 unspecified atom stereocenters. The van der Waals surface area contributed by atoms with Crippen LogP contribution in [0, 0.1) is 0 Å². The van der Waals surface area contributed by atoms with Crippen LogP contribution in [0.5, 0.6) is 5.75 Å². The third-order valence-electron chi connectivity index (χ3n) is 3.32. The summed E-state index contributed by atoms with van der Waals surface area (Å²) in [4.78, 5) is 35.5. The minimum absolute atomic E-state index is 0.0234. The minimum Gasteiger partial charge on any atom is -0.496 e. The van der Waals surface area contributed by atoms with Gasteiger partial charge in [0.2, 0.25) is 5.91 Å². The fourth-order valence-electron chi connectivity index (χ4n) is 2.10. The monoisotopic (exact) mass is 384 g/mol. The summed E-state index contributed by atoms with van der Waals surface area (Å²) < 4.78 is 11.1. The first-order valence-electron chi connectivity index (χ1n) is 7.07. The molecule has 1 fully saturated rings. The van der Waals surface area contributed by atoms with Crippen LogP contribution in [0.3, 0.4) is 0 Å². The second kappa shape index (κ2) is 7.96. The highest BCUT2D eigenvalue weighted by Gasteiger charge is 2.27. The molecule has 1 aromatic carbocycles. The van der Waals surface area contributed by atoms with Crippen molar-refractivity contribution in [3.8, 4) is 5.75 Å². The Hall–Kier alpha value is -2.09. The van der Waals surface area contributed by atoms with Crippen molar-refractivity contribution in [1.29, 1.82) is 0 Å². The second-order valence-corrected chi connectivity index (χ2v) is 5.79. The molecule has 23 heavy (non-hydrogen) atoms. The van der Waals surface area contributed by atoms with E-state index < -0.39 is 6.03 Å². The Balaban J connectivity index is 1.72. The van der Waals surface area contributed by atoms with Crippen LogP contribution in [0.4, 0.5) is 4.79 Å². The molecule has 3 amide bonds. The smallest absolute Gasteiger partial charge is 0.324 e. The average molecular weight is 385 g/mol. The van der Waals surface area contributed by atoms with Crippen molar-refractivity contribution in [1.82, 2.24) is 10.2 Å². The van der Waals surface area contributed by atoms with Gasteiger partial charge in [0, 0.05) is 13.0 Å². The lowest BCUT2D eigenvalue weighted by Crippen LogP contribution is -2.32. The van der Waals surface area contributed by atoms with E-state index in [4.69, 9.17) is 9.47 Å². The van der Waals surface area contributed by atoms with Crippen LogP contribution in [-0.4, -0.2) is 43.0 Å². The molecule has 1 heterocycles. The van der Waals surface area contributed by atoms with E-state index in [9.17, 15) is 14.4 Å². The Labute approximate surface area is 142 Å². The van der Waals surface area contributed by atoms with Crippen molar-refractivity contribution in [2.75, 3.05) is 20.2 Å². The molecule has 1 aromatic rings. The Morgan fingerprint density at radius 2 is 2.17 bits per heavy atom. The number of nitrogens with one attached hydrogen (secondary N) is 1. The maximum absolute atomic E-state index is 11.7. The number of ether oxygens (including phenoxy) is 2. The summed E-state index contributed by atoms with van der Waals surface area (Å²) in [5.74, 6) is 0.0593. The number of methoxy groups -OCH3 is 1. The number of halogens is 1. The summed E-state index contributed by atoms with van der Waals surface area (Å²) in [5.41, 5.74) is 0.833. The van der Waals surface area contributed by atoms with Gasteiger partial charge in [0.05, 0.1) is 18.1 Å². The number of hydrogen-bond donors (Lipinski definition) is 1. The zero-order valence-electron chi connectivity index (χ0n) is 12.6. The molecule has 0 radical (unpaired) electrons. The molecule has 1 N–H and O–H groups in total. The molecular weight excluding hydrogens is 368 g/mol. The van der Waals surface area contributed by atoms with Crippen molar-refractivity contribution in [2.24, 2.45) is 0 Å². The molecule has 0 aromatic heterocycles. The topological polar surface area (TPSA) is 84.9 Å². The highest BCUT2D eigenvalue weighted by molar-refractivity contribution is 9.10. The molecular formula is C15H17BrN2O5. The molecule has 7 nitrogen and oxygen atoms in total. The van der Waals surface area contributed by atoms with Gasteiger partial charge < -0.3 is 14.8 Å². The van der Waals surface area contributed by atoms with Gasteiger partial charge in [-0.1, -0.05) is 6.07 Å². The largest absolute Gasteiger partial charge is 0.496 e. The predicted octanol–water partition coefficient (Wildman–Crippen LogP) is 1.83. The van der Waals surface area contributed by atoms with Crippen LogP contribution in [0.2, 0.25) is 0 Å². The molecule has 0 saturated carbocycles. The predicted molar refractivity (Wildman–Crippen MR) is 84.8 cm³/mol. The van der Waals surface area contributed by atoms with Crippen molar-refractivity contribution < 1.29 is 23.9 Å². The van der Waals surface area contributed by atoms with Crippen LogP contribution >= 0.6 is 15.9 Å². The minimum atomic E-state index is -0.411. The number of carbonyl (C=O) groups excluding carboxylic acids is 3. The van der Waals surface area contributed by atoms with Crippen LogP contribution in [0.1, 0.15) is 18.4 Å². The molecule has 0 aliphatic carbocycles. The third-order valence-corrected chi connectivity index (χ3v) is 3.94. The number of benzene rings is 1. The Bertz CT molecular complexity index is 604. The Morgan fingerprint density at radius 3 is 2.78 bits per heavy atom. The lowest BCUT2D eigenvalue weighted by atomic mass is 10.2. The average Bonchev–Trinajstić information content (AvgIpc) is 2.85. The van der Waals surface area contributed by atoms with Crippen molar-refractivity contribution in [3.63, 3.8) is 0 Å². The van der Waals surface area contributed by atoms with Gasteiger partial charge in [0.25, 0.3) is 0 Å². The van der Waals surface area contributed by atoms with Gasteiger partial charge in [-0.25, -0.2) is 4.79 Å². The summed E-state index contributed by atoms with van der Waals surface area (Å²) >= 11 is 3.36. The quantitative estimate of drug-likeness (QED) is 0.572. The summed E-state index contributed by atoms with van der Waals surface area (Å²) in [6.07, 6.45) is 0.526. The van der Waals surface area contributed by atoms with E-state index in [-0.39, 0.29) is 38.0 Å². The molecule has 1 saturated heterocycles. The third kappa shape index (κ3) is 4.69. The normalized spacial score (nSPS) is 13.9. The maximum atomic E-state index is 11.7. The SMILES string of the molecule is COc1ccc(COC(=O)CCCN2C(=O)CNC2=O)cc1Br. The number of imide groups is 1. The number of carbonyl (C=O) groups is 3. The van der Waals surface area contributed by atoms with E-state index in [0.29, 0.717) is 12.2 Å². The van der Waals surface area contributed by atoms with Crippen LogP contribution < -0.4 is 10.1 Å². The summed E-state index contributed by atoms with van der Waals surface area (Å²) in [6.45, 7) is 0.397. The number of nitrogens with zero attached hydrogens (tertiary/aromatic N) is 1. The summed E-state index contributed by atoms with van der Waals surface area (Å²) in [7, 11) is 1.57. The number of rotatable bonds is 7. The van der Waals surface area contributed by atoms with Gasteiger partial charge in [0.15, 0.2) is 0 Å². The first-order valence-corrected chi connectivity index (χ1v) is 7.87. The van der Waals surface area contributed by atoms with Crippen molar-refractivity contribution in [3.05, 3.63) is 28.2 Å². The lowest BCUT2D eigenvalue weighted by molar-refractivity contribution is -0.145. The zero-order valence-corrected chi connectivity index (χ0v) is 14.2. The van der Waals surface area contributed by atoms with E-state index in [1.54, 1.807) is 13.2 Å². The number of hydrogen-bond acceptors (Lipinski definition) is 5. The van der Waals surface area contributed by atoms with E-state index >= 15 is 0 Å². The Morgan fingerprint density at radius 1 is 1.39 bits per heavy atom. The van der Waals surface area contributed by atoms with Gasteiger partial charge in [-0.15, -0.1) is 0 Å². The molecule has 2 rings (SSSR count). The molecule has 0 bridgehead atoms. The molecule has 1 aliphatic rings.